The Bertz CT molecular complexity index is 9020. The van der Waals surface area contributed by atoms with Crippen LogP contribution in [0.15, 0.2) is 228 Å². The maximum atomic E-state index is 13.1. The number of hydrogen-bond donors (Lipinski definition) is 1. The Kier molecular flexibility index (Phi) is 25.4. The van der Waals surface area contributed by atoms with E-state index in [-0.39, 0.29) is 27.8 Å². The lowest BCUT2D eigenvalue weighted by Crippen LogP contribution is -2.44. The van der Waals surface area contributed by atoms with Crippen molar-refractivity contribution in [3.05, 3.63) is 315 Å². The van der Waals surface area contributed by atoms with E-state index in [1.165, 1.54) is 41.7 Å². The van der Waals surface area contributed by atoms with Crippen molar-refractivity contribution in [2.75, 3.05) is 122 Å². The van der Waals surface area contributed by atoms with Gasteiger partial charge >= 0.3 is 0 Å². The molecule has 1 N–H and O–H groups in total. The Morgan fingerprint density at radius 2 is 0.808 bits per heavy atom. The molecule has 2 saturated heterocycles. The Balaban J connectivity index is 0.000000104. The molecule has 0 aromatic carbocycles. The number of piperazine rings is 2. The van der Waals surface area contributed by atoms with Crippen LogP contribution in [-0.4, -0.2) is 249 Å². The number of rotatable bonds is 12. The van der Waals surface area contributed by atoms with Crippen molar-refractivity contribution in [1.29, 1.82) is 0 Å². The molecule has 3 fully saturated rings. The number of hydrogen-bond acceptors (Lipinski definition) is 29. The molecular formula is C109H110N30O7. The highest BCUT2D eigenvalue weighted by Gasteiger charge is 2.31. The van der Waals surface area contributed by atoms with Gasteiger partial charge in [-0.25, -0.2) is 48.4 Å². The fraction of sp³-hybridized carbons (Fsp3) is 0.303. The number of oxazole rings is 2. The molecule has 20 aromatic heterocycles. The molecular weight excluding hydrogens is 1840 g/mol. The van der Waals surface area contributed by atoms with Crippen LogP contribution < -0.4 is 42.9 Å². The van der Waals surface area contributed by atoms with E-state index < -0.39 is 0 Å². The number of fused-ring (bicyclic) bond motifs is 10. The van der Waals surface area contributed by atoms with E-state index in [2.05, 4.69) is 156 Å². The van der Waals surface area contributed by atoms with Gasteiger partial charge < -0.3 is 33.8 Å². The summed E-state index contributed by atoms with van der Waals surface area (Å²) in [4.78, 5) is 133. The van der Waals surface area contributed by atoms with E-state index in [0.29, 0.717) is 96.7 Å². The normalized spacial score (nSPS) is 15.7. The minimum atomic E-state index is -0.162. The molecule has 0 atom stereocenters. The Morgan fingerprint density at radius 3 is 1.32 bits per heavy atom. The van der Waals surface area contributed by atoms with Gasteiger partial charge in [0.2, 0.25) is 11.8 Å². The monoisotopic (exact) mass is 1950 g/mol. The van der Waals surface area contributed by atoms with Gasteiger partial charge in [-0.2, -0.15) is 15.3 Å². The Hall–Kier alpha value is -16.5. The Labute approximate surface area is 836 Å². The van der Waals surface area contributed by atoms with E-state index in [0.717, 1.165) is 230 Å². The first kappa shape index (κ1) is 94.4. The van der Waals surface area contributed by atoms with Crippen molar-refractivity contribution < 1.29 is 8.83 Å². The smallest absolute Gasteiger partial charge is 0.258 e. The number of likely N-dealkylation sites (N-methyl/N-ethyl adjacent to an activating group) is 3. The molecule has 738 valence electrons. The molecule has 37 nitrogen and oxygen atoms in total. The highest BCUT2D eigenvalue weighted by Crippen LogP contribution is 2.35. The van der Waals surface area contributed by atoms with Gasteiger partial charge in [-0.15, -0.1) is 0 Å². The summed E-state index contributed by atoms with van der Waals surface area (Å²) < 4.78 is 25.1. The van der Waals surface area contributed by atoms with Crippen LogP contribution in [-0.2, 0) is 0 Å². The summed E-state index contributed by atoms with van der Waals surface area (Å²) in [5.74, 6) is 0.662. The third kappa shape index (κ3) is 19.6. The minimum Gasteiger partial charge on any atom is -0.433 e. The van der Waals surface area contributed by atoms with Crippen molar-refractivity contribution in [3.63, 3.8) is 0 Å². The maximum absolute atomic E-state index is 13.1. The van der Waals surface area contributed by atoms with Crippen LogP contribution in [0.2, 0.25) is 0 Å². The summed E-state index contributed by atoms with van der Waals surface area (Å²) in [6.45, 7) is 34.3. The molecule has 0 bridgehead atoms. The topological polar surface area (TPSA) is 372 Å². The molecule has 20 aromatic rings. The van der Waals surface area contributed by atoms with Crippen molar-refractivity contribution in [1.82, 2.24) is 136 Å². The van der Waals surface area contributed by atoms with Crippen molar-refractivity contribution in [2.45, 2.75) is 107 Å². The molecule has 0 unspecified atom stereocenters. The van der Waals surface area contributed by atoms with Gasteiger partial charge in [0, 0.05) is 170 Å². The lowest BCUT2D eigenvalue weighted by molar-refractivity contribution is 0.291. The second kappa shape index (κ2) is 39.3. The van der Waals surface area contributed by atoms with Crippen LogP contribution >= 0.6 is 0 Å². The summed E-state index contributed by atoms with van der Waals surface area (Å²) in [6.07, 6.45) is 31.1. The van der Waals surface area contributed by atoms with Crippen molar-refractivity contribution >= 4 is 95.1 Å². The third-order valence-electron chi connectivity index (χ3n) is 27.7. The van der Waals surface area contributed by atoms with Gasteiger partial charge in [-0.3, -0.25) is 80.7 Å². The zero-order valence-corrected chi connectivity index (χ0v) is 83.5. The lowest BCUT2D eigenvalue weighted by atomic mass is 9.99. The summed E-state index contributed by atoms with van der Waals surface area (Å²) in [7, 11) is 4.24. The molecule has 5 aliphatic heterocycles. The van der Waals surface area contributed by atoms with Crippen LogP contribution in [0.25, 0.3) is 141 Å². The predicted molar refractivity (Wildman–Crippen MR) is 564 cm³/mol. The number of pyridine rings is 7. The molecule has 25 heterocycles. The first-order valence-corrected chi connectivity index (χ1v) is 49.5. The number of nitrogens with one attached hydrogen (secondary N) is 1. The number of nitrogens with zero attached hydrogens (tertiary/aromatic N) is 29. The summed E-state index contributed by atoms with van der Waals surface area (Å²) in [5.41, 5.74) is 29.4. The van der Waals surface area contributed by atoms with E-state index in [4.69, 9.17) is 13.8 Å². The van der Waals surface area contributed by atoms with Gasteiger partial charge in [-0.1, -0.05) is 25.2 Å². The van der Waals surface area contributed by atoms with E-state index in [1.807, 2.05) is 189 Å². The summed E-state index contributed by atoms with van der Waals surface area (Å²) in [5, 5.41) is 17.1. The predicted octanol–water partition coefficient (Wildman–Crippen LogP) is 13.0. The van der Waals surface area contributed by atoms with Gasteiger partial charge in [0.25, 0.3) is 27.8 Å². The largest absolute Gasteiger partial charge is 0.433 e. The average Bonchev–Trinajstić information content (AvgIpc) is 1.80. The highest BCUT2D eigenvalue weighted by molar-refractivity contribution is 5.81. The molecule has 0 spiro atoms. The standard InChI is InChI=1S/C25H26N6O.C22H22N6O.C21H22N6O2.C21H20N6O.C20H20N6O2/c1-15-10-19(18-6-8-29(9-7-18)20-4-5-20)14-30-24(32)12-21(27-25(15)30)22-11-23-17(3)26-16(2)13-31(23)28-22;1-3-26-8-6-16(7-9-26)17-4-5-21-24-19(11-22(29)27(21)14-17)20-10-18-12-23-15(2)13-28(18)25-20;1-13-10-16-20(14(2)22-13)29-21(24-16)17-11-19(28)27-12-15(4-5-18(27)23-17)26-8-6-25(3)7-9-26;1-14-12-27-17(11-22-14)9-19(24-27)18-10-21(28)26-13-16(3-4-20(26)23-18)15-5-7-25(2)8-6-15;1-12-9-15-19(13(2)22-12)28-20(24-15)16-10-18(27)26-11-14(3-4-17(26)23-16)25-7-5-21-6-8-25/h6,10-14,20H,4-5,7-9H2,1-3H3;4-6,10-14H,3,7-9H2,1-2H3;4-5,10-12H,6-9H2,1-3H3;3-5,9-13H,6-8H2,1-2H3;3-4,9-11,21H,5-8H2,1-2H3. The van der Waals surface area contributed by atoms with E-state index in [1.54, 1.807) is 61.6 Å². The molecule has 1 saturated carbocycles. The van der Waals surface area contributed by atoms with Crippen LogP contribution in [0.3, 0.4) is 0 Å². The molecule has 0 amide bonds. The number of aryl methyl sites for hydroxylation is 9. The molecule has 0 radical (unpaired) electrons. The van der Waals surface area contributed by atoms with Crippen molar-refractivity contribution in [3.8, 4) is 57.3 Å². The molecule has 1 aliphatic carbocycles. The zero-order valence-electron chi connectivity index (χ0n) is 83.5. The maximum Gasteiger partial charge on any atom is 0.258 e. The summed E-state index contributed by atoms with van der Waals surface area (Å²) in [6, 6.07) is 35.7. The number of anilines is 2. The molecule has 26 rings (SSSR count). The van der Waals surface area contributed by atoms with E-state index >= 15 is 0 Å². The Morgan fingerprint density at radius 1 is 0.363 bits per heavy atom. The van der Waals surface area contributed by atoms with Gasteiger partial charge in [0.1, 0.15) is 67.7 Å². The van der Waals surface area contributed by atoms with E-state index in [9.17, 15) is 24.0 Å². The van der Waals surface area contributed by atoms with Gasteiger partial charge in [0.05, 0.1) is 110 Å². The summed E-state index contributed by atoms with van der Waals surface area (Å²) >= 11 is 0. The van der Waals surface area contributed by atoms with Crippen LogP contribution in [0.5, 0.6) is 0 Å². The first-order chi connectivity index (χ1) is 70.7. The second-order valence-corrected chi connectivity index (χ2v) is 38.5. The molecule has 6 aliphatic rings. The highest BCUT2D eigenvalue weighted by atomic mass is 16.4. The number of aromatic nitrogens is 23. The average molecular weight is 1950 g/mol. The van der Waals surface area contributed by atoms with Crippen LogP contribution in [0.4, 0.5) is 11.4 Å². The fourth-order valence-electron chi connectivity index (χ4n) is 19.6. The van der Waals surface area contributed by atoms with Gasteiger partial charge in [0.15, 0.2) is 11.2 Å². The SMILES string of the molecule is CCN1CC=C(c2ccc3nc(-c4cc5cnc(C)cn5n4)cc(=O)n3c2)CC1.Cc1cc2nc(-c3cc(=O)n4cc(N5CCN(C)CC5)ccc4n3)oc2c(C)n1.Cc1cc2nc(-c3cc(=O)n4cc(N5CCNCC5)ccc4n3)oc2c(C)n1.Cc1cn2nc(-c3cc(=O)n4cc(C5=CCN(C)CC5)ccc4n3)cc2cn1.Cc1cn2nc(-c3cc(=O)n4cc(C5=CCN(C6CC6)CC5)cc(C)c4n3)cc2c(C)n1. The quantitative estimate of drug-likeness (QED) is 0.119. The second-order valence-electron chi connectivity index (χ2n) is 38.5. The zero-order chi connectivity index (χ0) is 101. The fourth-order valence-corrected chi connectivity index (χ4v) is 19.6. The van der Waals surface area contributed by atoms with Gasteiger partial charge in [-0.05, 0) is 239 Å². The molecule has 37 heteroatoms. The molecule has 146 heavy (non-hydrogen) atoms. The van der Waals surface area contributed by atoms with Crippen molar-refractivity contribution in [2.24, 2.45) is 0 Å². The lowest BCUT2D eigenvalue weighted by Gasteiger charge is -2.34. The van der Waals surface area contributed by atoms with Crippen LogP contribution in [0.1, 0.15) is 107 Å². The first-order valence-electron chi connectivity index (χ1n) is 49.5. The minimum absolute atomic E-state index is 0.0888. The van der Waals surface area contributed by atoms with Crippen LogP contribution in [0, 0.1) is 62.3 Å². The third-order valence-corrected chi connectivity index (χ3v) is 27.7.